The van der Waals surface area contributed by atoms with Crippen LogP contribution in [0.4, 0.5) is 0 Å². The predicted octanol–water partition coefficient (Wildman–Crippen LogP) is 2.65. The molecule has 0 bridgehead atoms. The highest BCUT2D eigenvalue weighted by atomic mass is 15.3. The van der Waals surface area contributed by atoms with E-state index in [4.69, 9.17) is 5.73 Å². The molecule has 0 saturated heterocycles. The van der Waals surface area contributed by atoms with Crippen molar-refractivity contribution in [2.75, 3.05) is 0 Å². The minimum absolute atomic E-state index is 0.0908. The molecule has 5 heteroatoms. The molecule has 0 amide bonds. The van der Waals surface area contributed by atoms with Crippen LogP contribution in [0.3, 0.4) is 0 Å². The van der Waals surface area contributed by atoms with E-state index in [0.29, 0.717) is 12.5 Å². The van der Waals surface area contributed by atoms with Crippen LogP contribution in [0.5, 0.6) is 0 Å². The van der Waals surface area contributed by atoms with Crippen LogP contribution in [-0.2, 0) is 6.42 Å². The number of hydrogen-bond donors (Lipinski definition) is 1. The van der Waals surface area contributed by atoms with Crippen molar-refractivity contribution in [3.05, 3.63) is 54.1 Å². The molecule has 1 unspecified atom stereocenters. The first kappa shape index (κ1) is 13.7. The summed E-state index contributed by atoms with van der Waals surface area (Å²) in [6.07, 6.45) is 6.10. The van der Waals surface area contributed by atoms with Crippen molar-refractivity contribution < 1.29 is 0 Å². The van der Waals surface area contributed by atoms with Crippen molar-refractivity contribution in [2.24, 2.45) is 5.73 Å². The van der Waals surface area contributed by atoms with Crippen molar-refractivity contribution in [1.29, 1.82) is 0 Å². The minimum atomic E-state index is -0.0908. The number of benzene rings is 1. The SMILES string of the molecule is CC(C)n1ccc(CC(N)c2ccc3nccnc3c2)n1. The summed E-state index contributed by atoms with van der Waals surface area (Å²) in [7, 11) is 0. The third kappa shape index (κ3) is 2.92. The molecule has 3 aromatic rings. The van der Waals surface area contributed by atoms with Gasteiger partial charge in [0.1, 0.15) is 0 Å². The monoisotopic (exact) mass is 281 g/mol. The highest BCUT2D eigenvalue weighted by Gasteiger charge is 2.11. The molecule has 5 nitrogen and oxygen atoms in total. The third-order valence-electron chi connectivity index (χ3n) is 3.54. The van der Waals surface area contributed by atoms with Gasteiger partial charge in [0.15, 0.2) is 0 Å². The van der Waals surface area contributed by atoms with Crippen molar-refractivity contribution in [3.8, 4) is 0 Å². The molecule has 0 saturated carbocycles. The molecule has 108 valence electrons. The molecule has 2 aromatic heterocycles. The minimum Gasteiger partial charge on any atom is -0.324 e. The average molecular weight is 281 g/mol. The fourth-order valence-electron chi connectivity index (χ4n) is 2.33. The molecular formula is C16H19N5. The van der Waals surface area contributed by atoms with Gasteiger partial charge in [-0.1, -0.05) is 6.07 Å². The predicted molar refractivity (Wildman–Crippen MR) is 82.8 cm³/mol. The first-order chi connectivity index (χ1) is 10.1. The summed E-state index contributed by atoms with van der Waals surface area (Å²) in [5, 5.41) is 4.55. The summed E-state index contributed by atoms with van der Waals surface area (Å²) in [5.74, 6) is 0. The van der Waals surface area contributed by atoms with Crippen LogP contribution >= 0.6 is 0 Å². The molecule has 1 atom stereocenters. The molecule has 0 radical (unpaired) electrons. The van der Waals surface area contributed by atoms with Crippen LogP contribution in [-0.4, -0.2) is 19.7 Å². The number of aromatic nitrogens is 4. The lowest BCUT2D eigenvalue weighted by atomic mass is 10.0. The zero-order chi connectivity index (χ0) is 14.8. The van der Waals surface area contributed by atoms with Gasteiger partial charge in [-0.25, -0.2) is 0 Å². The van der Waals surface area contributed by atoms with Gasteiger partial charge in [0, 0.05) is 37.1 Å². The summed E-state index contributed by atoms with van der Waals surface area (Å²) in [5.41, 5.74) is 10.1. The molecule has 0 aliphatic rings. The Labute approximate surface area is 123 Å². The second kappa shape index (κ2) is 5.61. The van der Waals surface area contributed by atoms with Crippen molar-refractivity contribution in [2.45, 2.75) is 32.4 Å². The number of nitrogens with zero attached hydrogens (tertiary/aromatic N) is 4. The van der Waals surface area contributed by atoms with E-state index < -0.39 is 0 Å². The number of rotatable bonds is 4. The zero-order valence-electron chi connectivity index (χ0n) is 12.3. The maximum atomic E-state index is 6.31. The van der Waals surface area contributed by atoms with Gasteiger partial charge in [0.05, 0.1) is 16.7 Å². The standard InChI is InChI=1S/C16H19N5/c1-11(2)21-8-5-13(20-21)10-14(17)12-3-4-15-16(9-12)19-7-6-18-15/h3-9,11,14H,10,17H2,1-2H3. The van der Waals surface area contributed by atoms with Gasteiger partial charge in [-0.05, 0) is 37.6 Å². The Hall–Kier alpha value is -2.27. The number of hydrogen-bond acceptors (Lipinski definition) is 4. The lowest BCUT2D eigenvalue weighted by Crippen LogP contribution is -2.14. The fraction of sp³-hybridized carbons (Fsp3) is 0.312. The molecule has 0 fully saturated rings. The topological polar surface area (TPSA) is 69.6 Å². The van der Waals surface area contributed by atoms with E-state index in [9.17, 15) is 0 Å². The van der Waals surface area contributed by atoms with Crippen LogP contribution in [0.1, 0.15) is 37.2 Å². The third-order valence-corrected chi connectivity index (χ3v) is 3.54. The van der Waals surface area contributed by atoms with Gasteiger partial charge in [0.2, 0.25) is 0 Å². The molecule has 0 spiro atoms. The number of fused-ring (bicyclic) bond motifs is 1. The average Bonchev–Trinajstić information content (AvgIpc) is 2.95. The second-order valence-electron chi connectivity index (χ2n) is 5.50. The quantitative estimate of drug-likeness (QED) is 0.798. The Morgan fingerprint density at radius 2 is 1.86 bits per heavy atom. The Balaban J connectivity index is 1.80. The van der Waals surface area contributed by atoms with E-state index >= 15 is 0 Å². The summed E-state index contributed by atoms with van der Waals surface area (Å²) >= 11 is 0. The first-order valence-electron chi connectivity index (χ1n) is 7.14. The van der Waals surface area contributed by atoms with Crippen LogP contribution in [0, 0.1) is 0 Å². The Morgan fingerprint density at radius 3 is 2.57 bits per heavy atom. The zero-order valence-corrected chi connectivity index (χ0v) is 12.3. The fourth-order valence-corrected chi connectivity index (χ4v) is 2.33. The van der Waals surface area contributed by atoms with Gasteiger partial charge in [0.25, 0.3) is 0 Å². The van der Waals surface area contributed by atoms with E-state index in [0.717, 1.165) is 22.3 Å². The summed E-state index contributed by atoms with van der Waals surface area (Å²) < 4.78 is 1.95. The van der Waals surface area contributed by atoms with Crippen LogP contribution in [0.25, 0.3) is 11.0 Å². The highest BCUT2D eigenvalue weighted by molar-refractivity contribution is 5.74. The lowest BCUT2D eigenvalue weighted by molar-refractivity contribution is 0.522. The van der Waals surface area contributed by atoms with E-state index in [1.54, 1.807) is 12.4 Å². The maximum Gasteiger partial charge on any atom is 0.0890 e. The van der Waals surface area contributed by atoms with E-state index in [1.165, 1.54) is 0 Å². The molecule has 21 heavy (non-hydrogen) atoms. The molecule has 0 aliphatic heterocycles. The normalized spacial score (nSPS) is 13.0. The van der Waals surface area contributed by atoms with Gasteiger partial charge in [-0.2, -0.15) is 5.10 Å². The maximum absolute atomic E-state index is 6.31. The smallest absolute Gasteiger partial charge is 0.0890 e. The van der Waals surface area contributed by atoms with Gasteiger partial charge in [-0.3, -0.25) is 14.6 Å². The molecule has 0 aliphatic carbocycles. The van der Waals surface area contributed by atoms with Crippen LogP contribution in [0.2, 0.25) is 0 Å². The molecular weight excluding hydrogens is 262 g/mol. The Kier molecular flexibility index (Phi) is 3.66. The van der Waals surface area contributed by atoms with Crippen molar-refractivity contribution >= 4 is 11.0 Å². The summed E-state index contributed by atoms with van der Waals surface area (Å²) in [6, 6.07) is 8.29. The molecule has 2 N–H and O–H groups in total. The van der Waals surface area contributed by atoms with Crippen LogP contribution < -0.4 is 5.73 Å². The Morgan fingerprint density at radius 1 is 1.10 bits per heavy atom. The van der Waals surface area contributed by atoms with Crippen molar-refractivity contribution in [1.82, 2.24) is 19.7 Å². The summed E-state index contributed by atoms with van der Waals surface area (Å²) in [4.78, 5) is 8.59. The second-order valence-corrected chi connectivity index (χ2v) is 5.50. The largest absolute Gasteiger partial charge is 0.324 e. The van der Waals surface area contributed by atoms with E-state index in [1.807, 2.05) is 35.1 Å². The molecule has 2 heterocycles. The van der Waals surface area contributed by atoms with Gasteiger partial charge >= 0.3 is 0 Å². The number of nitrogens with two attached hydrogens (primary N) is 1. The van der Waals surface area contributed by atoms with Crippen molar-refractivity contribution in [3.63, 3.8) is 0 Å². The summed E-state index contributed by atoms with van der Waals surface area (Å²) in [6.45, 7) is 4.22. The molecule has 1 aromatic carbocycles. The van der Waals surface area contributed by atoms with E-state index in [2.05, 4.69) is 28.9 Å². The highest BCUT2D eigenvalue weighted by Crippen LogP contribution is 2.19. The Bertz CT molecular complexity index is 747. The van der Waals surface area contributed by atoms with Gasteiger partial charge < -0.3 is 5.73 Å². The molecule has 3 rings (SSSR count). The lowest BCUT2D eigenvalue weighted by Gasteiger charge is -2.11. The van der Waals surface area contributed by atoms with Gasteiger partial charge in [-0.15, -0.1) is 0 Å². The van der Waals surface area contributed by atoms with E-state index in [-0.39, 0.29) is 6.04 Å². The van der Waals surface area contributed by atoms with Crippen LogP contribution in [0.15, 0.2) is 42.9 Å². The first-order valence-corrected chi connectivity index (χ1v) is 7.14.